The lowest BCUT2D eigenvalue weighted by Crippen LogP contribution is -2.53. The third-order valence-electron chi connectivity index (χ3n) is 5.96. The molecule has 130 valence electrons. The van der Waals surface area contributed by atoms with E-state index in [0.717, 1.165) is 43.4 Å². The predicted octanol–water partition coefficient (Wildman–Crippen LogP) is 3.89. The SMILES string of the molecule is CC1(C)Cc2ccc(Br)cc2C1NC(=O)O[C@@H]1CN2CCC1CC2. The molecule has 1 unspecified atom stereocenters. The molecule has 2 atom stereocenters. The molecular formula is C19H25BrN2O2. The molecule has 1 N–H and O–H groups in total. The predicted molar refractivity (Wildman–Crippen MR) is 96.9 cm³/mol. The summed E-state index contributed by atoms with van der Waals surface area (Å²) in [6.45, 7) is 7.63. The van der Waals surface area contributed by atoms with E-state index in [9.17, 15) is 4.79 Å². The number of halogens is 1. The van der Waals surface area contributed by atoms with Gasteiger partial charge in [-0.05, 0) is 66.9 Å². The Labute approximate surface area is 152 Å². The molecule has 3 fully saturated rings. The molecule has 4 nitrogen and oxygen atoms in total. The molecule has 5 rings (SSSR count). The van der Waals surface area contributed by atoms with Crippen molar-refractivity contribution in [2.75, 3.05) is 19.6 Å². The first-order valence-corrected chi connectivity index (χ1v) is 9.69. The lowest BCUT2D eigenvalue weighted by molar-refractivity contribution is -0.0348. The van der Waals surface area contributed by atoms with Crippen molar-refractivity contribution >= 4 is 22.0 Å². The minimum atomic E-state index is -0.264. The fraction of sp³-hybridized carbons (Fsp3) is 0.632. The number of nitrogens with zero attached hydrogens (tertiary/aromatic N) is 1. The summed E-state index contributed by atoms with van der Waals surface area (Å²) in [5.41, 5.74) is 2.52. The van der Waals surface area contributed by atoms with Crippen molar-refractivity contribution in [2.45, 2.75) is 45.3 Å². The Bertz CT molecular complexity index is 653. The van der Waals surface area contributed by atoms with Crippen molar-refractivity contribution in [3.8, 4) is 0 Å². The fourth-order valence-corrected chi connectivity index (χ4v) is 4.99. The molecular weight excluding hydrogens is 368 g/mol. The highest BCUT2D eigenvalue weighted by molar-refractivity contribution is 9.10. The summed E-state index contributed by atoms with van der Waals surface area (Å²) in [5, 5.41) is 3.16. The molecule has 1 aromatic carbocycles. The topological polar surface area (TPSA) is 41.6 Å². The molecule has 3 aliphatic heterocycles. The minimum absolute atomic E-state index is 0.00131. The van der Waals surface area contributed by atoms with Crippen LogP contribution in [0, 0.1) is 11.3 Å². The standard InChI is InChI=1S/C19H25BrN2O2/c1-19(2)10-13-3-4-14(20)9-15(13)17(19)21-18(23)24-16-11-22-7-5-12(16)6-8-22/h3-4,9,12,16-17H,5-8,10-11H2,1-2H3,(H,21,23)/t16-,17?/m1/s1. The first kappa shape index (κ1) is 16.4. The number of alkyl carbamates (subject to hydrolysis) is 1. The van der Waals surface area contributed by atoms with Gasteiger partial charge in [-0.1, -0.05) is 35.8 Å². The fourth-order valence-electron chi connectivity index (χ4n) is 4.62. The first-order valence-electron chi connectivity index (χ1n) is 8.90. The number of carbonyl (C=O) groups is 1. The molecule has 1 aromatic rings. The van der Waals surface area contributed by atoms with Gasteiger partial charge in [0.05, 0.1) is 6.04 Å². The highest BCUT2D eigenvalue weighted by Gasteiger charge is 2.41. The summed E-state index contributed by atoms with van der Waals surface area (Å²) in [7, 11) is 0. The third-order valence-corrected chi connectivity index (χ3v) is 6.46. The van der Waals surface area contributed by atoms with E-state index in [-0.39, 0.29) is 23.7 Å². The van der Waals surface area contributed by atoms with Gasteiger partial charge in [0.25, 0.3) is 0 Å². The van der Waals surface area contributed by atoms with Crippen LogP contribution in [-0.4, -0.2) is 36.7 Å². The summed E-state index contributed by atoms with van der Waals surface area (Å²) >= 11 is 3.55. The van der Waals surface area contributed by atoms with Crippen molar-refractivity contribution in [3.05, 3.63) is 33.8 Å². The highest BCUT2D eigenvalue weighted by atomic mass is 79.9. The van der Waals surface area contributed by atoms with E-state index < -0.39 is 0 Å². The van der Waals surface area contributed by atoms with Crippen LogP contribution in [0.4, 0.5) is 4.79 Å². The summed E-state index contributed by atoms with van der Waals surface area (Å²) in [5.74, 6) is 0.541. The molecule has 0 saturated carbocycles. The average molecular weight is 393 g/mol. The van der Waals surface area contributed by atoms with Gasteiger partial charge in [0, 0.05) is 11.0 Å². The molecule has 2 bridgehead atoms. The summed E-state index contributed by atoms with van der Waals surface area (Å²) in [6, 6.07) is 6.35. The lowest BCUT2D eigenvalue weighted by atomic mass is 9.85. The van der Waals surface area contributed by atoms with Crippen LogP contribution in [0.3, 0.4) is 0 Å². The maximum atomic E-state index is 12.6. The normalized spacial score (nSPS) is 33.1. The Morgan fingerprint density at radius 1 is 1.33 bits per heavy atom. The monoisotopic (exact) mass is 392 g/mol. The number of carbonyl (C=O) groups excluding carboxylic acids is 1. The van der Waals surface area contributed by atoms with E-state index in [0.29, 0.717) is 5.92 Å². The van der Waals surface area contributed by atoms with Gasteiger partial charge < -0.3 is 10.1 Å². The van der Waals surface area contributed by atoms with Gasteiger partial charge in [0.15, 0.2) is 0 Å². The highest BCUT2D eigenvalue weighted by Crippen LogP contribution is 2.46. The second kappa shape index (κ2) is 6.03. The second-order valence-corrected chi connectivity index (χ2v) is 9.08. The van der Waals surface area contributed by atoms with Crippen molar-refractivity contribution < 1.29 is 9.53 Å². The Kier molecular flexibility index (Phi) is 4.12. The Morgan fingerprint density at radius 2 is 2.08 bits per heavy atom. The number of nitrogens with one attached hydrogen (secondary N) is 1. The molecule has 5 heteroatoms. The van der Waals surface area contributed by atoms with E-state index in [1.807, 2.05) is 0 Å². The van der Waals surface area contributed by atoms with Gasteiger partial charge in [-0.2, -0.15) is 0 Å². The first-order chi connectivity index (χ1) is 11.4. The van der Waals surface area contributed by atoms with E-state index in [2.05, 4.69) is 58.2 Å². The number of hydrogen-bond donors (Lipinski definition) is 1. The number of hydrogen-bond acceptors (Lipinski definition) is 3. The van der Waals surface area contributed by atoms with Crippen LogP contribution in [-0.2, 0) is 11.2 Å². The maximum absolute atomic E-state index is 12.6. The zero-order chi connectivity index (χ0) is 16.9. The summed E-state index contributed by atoms with van der Waals surface area (Å²) in [4.78, 5) is 15.0. The maximum Gasteiger partial charge on any atom is 0.407 e. The number of amides is 1. The van der Waals surface area contributed by atoms with Gasteiger partial charge >= 0.3 is 6.09 Å². The zero-order valence-electron chi connectivity index (χ0n) is 14.3. The van der Waals surface area contributed by atoms with Crippen LogP contribution in [0.15, 0.2) is 22.7 Å². The summed E-state index contributed by atoms with van der Waals surface area (Å²) in [6.07, 6.45) is 3.07. The number of rotatable bonds is 2. The van der Waals surface area contributed by atoms with Crippen LogP contribution in [0.1, 0.15) is 43.9 Å². The van der Waals surface area contributed by atoms with Crippen molar-refractivity contribution in [3.63, 3.8) is 0 Å². The molecule has 3 heterocycles. The van der Waals surface area contributed by atoms with Crippen molar-refractivity contribution in [1.29, 1.82) is 0 Å². The largest absolute Gasteiger partial charge is 0.445 e. The number of benzene rings is 1. The molecule has 0 aromatic heterocycles. The van der Waals surface area contributed by atoms with Gasteiger partial charge in [-0.3, -0.25) is 4.90 Å². The van der Waals surface area contributed by atoms with Gasteiger partial charge in [0.1, 0.15) is 6.10 Å². The molecule has 4 aliphatic rings. The van der Waals surface area contributed by atoms with Crippen LogP contribution >= 0.6 is 15.9 Å². The van der Waals surface area contributed by atoms with Crippen LogP contribution < -0.4 is 5.32 Å². The Balaban J connectivity index is 1.46. The zero-order valence-corrected chi connectivity index (χ0v) is 15.9. The van der Waals surface area contributed by atoms with Crippen LogP contribution in [0.2, 0.25) is 0 Å². The van der Waals surface area contributed by atoms with Gasteiger partial charge in [0.2, 0.25) is 0 Å². The minimum Gasteiger partial charge on any atom is -0.445 e. The smallest absolute Gasteiger partial charge is 0.407 e. The van der Waals surface area contributed by atoms with E-state index in [1.54, 1.807) is 0 Å². The molecule has 0 spiro atoms. The lowest BCUT2D eigenvalue weighted by Gasteiger charge is -2.44. The molecule has 1 amide bonds. The van der Waals surface area contributed by atoms with Crippen molar-refractivity contribution in [2.24, 2.45) is 11.3 Å². The Morgan fingerprint density at radius 3 is 2.75 bits per heavy atom. The third kappa shape index (κ3) is 2.97. The van der Waals surface area contributed by atoms with E-state index >= 15 is 0 Å². The Hall–Kier alpha value is -1.07. The number of ether oxygens (including phenoxy) is 1. The number of fused-ring (bicyclic) bond motifs is 4. The van der Waals surface area contributed by atoms with Crippen LogP contribution in [0.25, 0.3) is 0 Å². The molecule has 0 radical (unpaired) electrons. The van der Waals surface area contributed by atoms with E-state index in [4.69, 9.17) is 4.74 Å². The van der Waals surface area contributed by atoms with Crippen LogP contribution in [0.5, 0.6) is 0 Å². The number of piperidine rings is 3. The molecule has 1 aliphatic carbocycles. The van der Waals surface area contributed by atoms with Gasteiger partial charge in [-0.25, -0.2) is 4.79 Å². The second-order valence-electron chi connectivity index (χ2n) is 8.17. The van der Waals surface area contributed by atoms with E-state index in [1.165, 1.54) is 11.1 Å². The summed E-state index contributed by atoms with van der Waals surface area (Å²) < 4.78 is 6.87. The molecule has 3 saturated heterocycles. The van der Waals surface area contributed by atoms with Gasteiger partial charge in [-0.15, -0.1) is 0 Å². The van der Waals surface area contributed by atoms with Crippen molar-refractivity contribution in [1.82, 2.24) is 10.2 Å². The quantitative estimate of drug-likeness (QED) is 0.829. The molecule has 24 heavy (non-hydrogen) atoms. The average Bonchev–Trinajstić information content (AvgIpc) is 2.79.